The van der Waals surface area contributed by atoms with E-state index < -0.39 is 0 Å². The average molecular weight is 319 g/mol. The van der Waals surface area contributed by atoms with Crippen LogP contribution in [0.1, 0.15) is 4.88 Å². The van der Waals surface area contributed by atoms with Crippen LogP contribution in [-0.4, -0.2) is 41.0 Å². The largest absolute Gasteiger partial charge is 0.375 e. The van der Waals surface area contributed by atoms with E-state index in [1.807, 2.05) is 12.3 Å². The molecule has 2 aromatic rings. The second kappa shape index (κ2) is 6.29. The van der Waals surface area contributed by atoms with Crippen molar-refractivity contribution < 1.29 is 4.92 Å². The summed E-state index contributed by atoms with van der Waals surface area (Å²) in [6.07, 6.45) is 1.83. The highest BCUT2D eigenvalue weighted by Gasteiger charge is 2.19. The Morgan fingerprint density at radius 2 is 2.09 bits per heavy atom. The van der Waals surface area contributed by atoms with Crippen LogP contribution < -0.4 is 10.6 Å². The Morgan fingerprint density at radius 1 is 1.32 bits per heavy atom. The van der Waals surface area contributed by atoms with Gasteiger partial charge in [0.1, 0.15) is 0 Å². The van der Waals surface area contributed by atoms with Gasteiger partial charge in [-0.2, -0.15) is 0 Å². The first-order valence-electron chi connectivity index (χ1n) is 7.04. The zero-order chi connectivity index (χ0) is 15.5. The molecule has 0 unspecified atom stereocenters. The smallest absolute Gasteiger partial charge is 0.271 e. The van der Waals surface area contributed by atoms with Gasteiger partial charge in [-0.05, 0) is 6.07 Å². The number of nitrogens with zero attached hydrogens (tertiary/aromatic N) is 4. The summed E-state index contributed by atoms with van der Waals surface area (Å²) in [5.74, 6) is 0. The Bertz CT molecular complexity index is 667. The van der Waals surface area contributed by atoms with Gasteiger partial charge < -0.3 is 10.6 Å². The number of aromatic nitrogens is 1. The summed E-state index contributed by atoms with van der Waals surface area (Å²) in [4.78, 5) is 20.3. The zero-order valence-electron chi connectivity index (χ0n) is 12.0. The monoisotopic (exact) mass is 319 g/mol. The van der Waals surface area contributed by atoms with Gasteiger partial charge in [0.05, 0.1) is 4.92 Å². The van der Waals surface area contributed by atoms with Gasteiger partial charge in [-0.25, -0.2) is 4.98 Å². The van der Waals surface area contributed by atoms with Crippen LogP contribution in [0.3, 0.4) is 0 Å². The Labute approximate surface area is 132 Å². The number of rotatable bonds is 4. The molecule has 0 spiro atoms. The van der Waals surface area contributed by atoms with Crippen LogP contribution >= 0.6 is 11.3 Å². The van der Waals surface area contributed by atoms with E-state index in [4.69, 9.17) is 5.73 Å². The number of anilines is 2. The number of hydrogen-bond donors (Lipinski definition) is 1. The minimum absolute atomic E-state index is 0.139. The van der Waals surface area contributed by atoms with Crippen molar-refractivity contribution in [2.24, 2.45) is 0 Å². The molecule has 0 radical (unpaired) electrons. The number of hydrogen-bond acceptors (Lipinski definition) is 7. The number of nitro groups is 1. The van der Waals surface area contributed by atoms with Crippen LogP contribution in [-0.2, 0) is 6.54 Å². The lowest BCUT2D eigenvalue weighted by Gasteiger charge is -2.35. The predicted molar refractivity (Wildman–Crippen MR) is 87.1 cm³/mol. The number of non-ortho nitro benzene ring substituents is 1. The number of nitrogen functional groups attached to an aromatic ring is 1. The summed E-state index contributed by atoms with van der Waals surface area (Å²) in [7, 11) is 0. The third-order valence-corrected chi connectivity index (χ3v) is 4.54. The van der Waals surface area contributed by atoms with Gasteiger partial charge in [0.2, 0.25) is 0 Å². The maximum absolute atomic E-state index is 10.9. The van der Waals surface area contributed by atoms with Crippen LogP contribution in [0.4, 0.5) is 16.5 Å². The summed E-state index contributed by atoms with van der Waals surface area (Å²) in [6.45, 7) is 4.41. The van der Waals surface area contributed by atoms with Crippen LogP contribution in [0.5, 0.6) is 0 Å². The Morgan fingerprint density at radius 3 is 2.73 bits per heavy atom. The second-order valence-electron chi connectivity index (χ2n) is 5.20. The van der Waals surface area contributed by atoms with Gasteiger partial charge in [-0.15, -0.1) is 11.3 Å². The Hall–Kier alpha value is -2.19. The number of thiazole rings is 1. The first kappa shape index (κ1) is 14.7. The maximum Gasteiger partial charge on any atom is 0.271 e. The highest BCUT2D eigenvalue weighted by atomic mass is 32.1. The Kier molecular flexibility index (Phi) is 4.21. The number of benzene rings is 1. The normalized spacial score (nSPS) is 15.9. The van der Waals surface area contributed by atoms with Gasteiger partial charge in [0.15, 0.2) is 5.13 Å². The molecule has 0 saturated carbocycles. The van der Waals surface area contributed by atoms with Crippen molar-refractivity contribution in [2.75, 3.05) is 36.8 Å². The molecule has 1 aromatic heterocycles. The SMILES string of the molecule is Nc1ncc(CN2CCN(c3cccc([N+](=O)[O-])c3)CC2)s1. The summed E-state index contributed by atoms with van der Waals surface area (Å²) in [5.41, 5.74) is 6.70. The van der Waals surface area contributed by atoms with E-state index in [0.717, 1.165) is 38.4 Å². The standard InChI is InChI=1S/C14H17N5O2S/c15-14-16-9-13(22-14)10-17-4-6-18(7-5-17)11-2-1-3-12(8-11)19(20)21/h1-3,8-9H,4-7,10H2,(H2,15,16). The molecule has 1 saturated heterocycles. The van der Waals surface area contributed by atoms with E-state index in [-0.39, 0.29) is 10.6 Å². The molecule has 0 bridgehead atoms. The molecular weight excluding hydrogens is 302 g/mol. The van der Waals surface area contributed by atoms with E-state index in [2.05, 4.69) is 14.8 Å². The first-order chi connectivity index (χ1) is 10.6. The molecule has 7 nitrogen and oxygen atoms in total. The third kappa shape index (κ3) is 3.34. The van der Waals surface area contributed by atoms with Crippen LogP contribution in [0, 0.1) is 10.1 Å². The summed E-state index contributed by atoms with van der Waals surface area (Å²) >= 11 is 1.52. The van der Waals surface area contributed by atoms with Gasteiger partial charge in [0.25, 0.3) is 5.69 Å². The molecule has 22 heavy (non-hydrogen) atoms. The van der Waals surface area contributed by atoms with Crippen molar-refractivity contribution in [3.8, 4) is 0 Å². The van der Waals surface area contributed by atoms with E-state index in [0.29, 0.717) is 5.13 Å². The number of nitro benzene ring substituents is 1. The molecule has 1 aliphatic heterocycles. The number of nitrogens with two attached hydrogens (primary N) is 1. The zero-order valence-corrected chi connectivity index (χ0v) is 12.8. The molecule has 116 valence electrons. The molecule has 2 N–H and O–H groups in total. The minimum Gasteiger partial charge on any atom is -0.375 e. The van der Waals surface area contributed by atoms with Gasteiger partial charge in [0, 0.05) is 61.6 Å². The van der Waals surface area contributed by atoms with Gasteiger partial charge in [-0.3, -0.25) is 15.0 Å². The molecule has 2 heterocycles. The third-order valence-electron chi connectivity index (χ3n) is 3.73. The molecule has 1 fully saturated rings. The van der Waals surface area contributed by atoms with Crippen molar-refractivity contribution >= 4 is 27.8 Å². The van der Waals surface area contributed by atoms with Crippen molar-refractivity contribution in [3.63, 3.8) is 0 Å². The topological polar surface area (TPSA) is 88.5 Å². The van der Waals surface area contributed by atoms with E-state index >= 15 is 0 Å². The fourth-order valence-electron chi connectivity index (χ4n) is 2.58. The summed E-state index contributed by atoms with van der Waals surface area (Å²) < 4.78 is 0. The van der Waals surface area contributed by atoms with Crippen LogP contribution in [0.2, 0.25) is 0 Å². The van der Waals surface area contributed by atoms with Crippen LogP contribution in [0.15, 0.2) is 30.5 Å². The lowest BCUT2D eigenvalue weighted by molar-refractivity contribution is -0.384. The minimum atomic E-state index is -0.353. The molecule has 3 rings (SSSR count). The average Bonchev–Trinajstić information content (AvgIpc) is 2.93. The number of piperazine rings is 1. The highest BCUT2D eigenvalue weighted by molar-refractivity contribution is 7.15. The fraction of sp³-hybridized carbons (Fsp3) is 0.357. The van der Waals surface area contributed by atoms with Crippen molar-refractivity contribution in [3.05, 3.63) is 45.5 Å². The van der Waals surface area contributed by atoms with E-state index in [1.165, 1.54) is 22.3 Å². The lowest BCUT2D eigenvalue weighted by Crippen LogP contribution is -2.45. The quantitative estimate of drug-likeness (QED) is 0.684. The molecule has 8 heteroatoms. The molecule has 1 aromatic carbocycles. The molecule has 0 atom stereocenters. The first-order valence-corrected chi connectivity index (χ1v) is 7.85. The van der Waals surface area contributed by atoms with E-state index in [9.17, 15) is 10.1 Å². The molecule has 0 aliphatic carbocycles. The van der Waals surface area contributed by atoms with Crippen molar-refractivity contribution in [2.45, 2.75) is 6.54 Å². The van der Waals surface area contributed by atoms with E-state index in [1.54, 1.807) is 12.1 Å². The van der Waals surface area contributed by atoms with Crippen molar-refractivity contribution in [1.29, 1.82) is 0 Å². The van der Waals surface area contributed by atoms with Crippen molar-refractivity contribution in [1.82, 2.24) is 9.88 Å². The lowest BCUT2D eigenvalue weighted by atomic mass is 10.2. The van der Waals surface area contributed by atoms with Crippen LogP contribution in [0.25, 0.3) is 0 Å². The summed E-state index contributed by atoms with van der Waals surface area (Å²) in [6, 6.07) is 6.82. The Balaban J connectivity index is 1.59. The fourth-order valence-corrected chi connectivity index (χ4v) is 3.31. The predicted octanol–water partition coefficient (Wildman–Crippen LogP) is 1.96. The van der Waals surface area contributed by atoms with Gasteiger partial charge in [-0.1, -0.05) is 6.07 Å². The molecule has 1 aliphatic rings. The summed E-state index contributed by atoms with van der Waals surface area (Å²) in [5, 5.41) is 11.5. The maximum atomic E-state index is 10.9. The molecular formula is C14H17N5O2S. The van der Waals surface area contributed by atoms with Gasteiger partial charge >= 0.3 is 0 Å². The molecule has 0 amide bonds. The highest BCUT2D eigenvalue weighted by Crippen LogP contribution is 2.23. The second-order valence-corrected chi connectivity index (χ2v) is 6.35.